The van der Waals surface area contributed by atoms with E-state index in [4.69, 9.17) is 19.9 Å². The molecule has 6 nitrogen and oxygen atoms in total. The summed E-state index contributed by atoms with van der Waals surface area (Å²) >= 11 is 0. The lowest BCUT2D eigenvalue weighted by molar-refractivity contribution is -0.188. The molecular formula is C15H21N3O3. The number of ether oxygens (including phenoxy) is 3. The van der Waals surface area contributed by atoms with Gasteiger partial charge in [-0.3, -0.25) is 0 Å². The van der Waals surface area contributed by atoms with Gasteiger partial charge in [0.2, 0.25) is 0 Å². The summed E-state index contributed by atoms with van der Waals surface area (Å²) in [5, 5.41) is 0.932. The molecular weight excluding hydrogens is 270 g/mol. The Hall–Kier alpha value is -1.63. The molecule has 2 aromatic rings. The summed E-state index contributed by atoms with van der Waals surface area (Å²) in [6.45, 7) is 1.14. The minimum absolute atomic E-state index is 0.173. The van der Waals surface area contributed by atoms with Crippen LogP contribution in [-0.2, 0) is 9.47 Å². The van der Waals surface area contributed by atoms with Crippen LogP contribution in [0.3, 0.4) is 0 Å². The summed E-state index contributed by atoms with van der Waals surface area (Å²) in [5.41, 5.74) is 7.54. The first-order chi connectivity index (χ1) is 10.3. The highest BCUT2D eigenvalue weighted by atomic mass is 16.7. The quantitative estimate of drug-likeness (QED) is 0.881. The van der Waals surface area contributed by atoms with Crippen LogP contribution in [0.1, 0.15) is 31.1 Å². The fourth-order valence-corrected chi connectivity index (χ4v) is 2.63. The maximum absolute atomic E-state index is 5.98. The van der Waals surface area contributed by atoms with Crippen molar-refractivity contribution in [3.63, 3.8) is 0 Å². The topological polar surface area (TPSA) is 82.4 Å². The molecule has 0 aromatic carbocycles. The maximum atomic E-state index is 5.98. The lowest BCUT2D eigenvalue weighted by atomic mass is 10.2. The third-order valence-corrected chi connectivity index (χ3v) is 3.75. The third kappa shape index (κ3) is 3.02. The lowest BCUT2D eigenvalue weighted by Gasteiger charge is -2.26. The SMILES string of the molecule is COc1ccnc2[nH]c([C@@H](CN)O[C@H]3CCCCO3)cc12. The molecule has 0 unspecified atom stereocenters. The predicted octanol–water partition coefficient (Wildman–Crippen LogP) is 2.11. The molecule has 3 N–H and O–H groups in total. The fraction of sp³-hybridized carbons (Fsp3) is 0.533. The van der Waals surface area contributed by atoms with E-state index in [0.717, 1.165) is 48.3 Å². The van der Waals surface area contributed by atoms with Crippen molar-refractivity contribution >= 4 is 11.0 Å². The number of H-pyrrole nitrogens is 1. The number of nitrogens with one attached hydrogen (secondary N) is 1. The van der Waals surface area contributed by atoms with E-state index >= 15 is 0 Å². The fourth-order valence-electron chi connectivity index (χ4n) is 2.63. The zero-order valence-electron chi connectivity index (χ0n) is 12.2. The minimum Gasteiger partial charge on any atom is -0.496 e. The molecule has 2 aromatic heterocycles. The van der Waals surface area contributed by atoms with Gasteiger partial charge < -0.3 is 24.9 Å². The largest absolute Gasteiger partial charge is 0.496 e. The molecule has 3 rings (SSSR count). The van der Waals surface area contributed by atoms with Crippen molar-refractivity contribution in [2.45, 2.75) is 31.7 Å². The van der Waals surface area contributed by atoms with Crippen molar-refractivity contribution in [1.82, 2.24) is 9.97 Å². The van der Waals surface area contributed by atoms with Crippen molar-refractivity contribution < 1.29 is 14.2 Å². The van der Waals surface area contributed by atoms with Crippen LogP contribution in [0.15, 0.2) is 18.3 Å². The highest BCUT2D eigenvalue weighted by Crippen LogP contribution is 2.29. The molecule has 0 saturated carbocycles. The van der Waals surface area contributed by atoms with Gasteiger partial charge in [0.25, 0.3) is 0 Å². The molecule has 0 spiro atoms. The normalized spacial score (nSPS) is 20.6. The monoisotopic (exact) mass is 291 g/mol. The number of pyridine rings is 1. The average Bonchev–Trinajstić information content (AvgIpc) is 2.97. The highest BCUT2D eigenvalue weighted by molar-refractivity contribution is 5.83. The van der Waals surface area contributed by atoms with Crippen molar-refractivity contribution in [3.05, 3.63) is 24.0 Å². The van der Waals surface area contributed by atoms with Gasteiger partial charge in [-0.05, 0) is 31.4 Å². The Balaban J connectivity index is 1.82. The van der Waals surface area contributed by atoms with Gasteiger partial charge in [-0.25, -0.2) is 4.98 Å². The molecule has 1 aliphatic rings. The van der Waals surface area contributed by atoms with Crippen LogP contribution in [0, 0.1) is 0 Å². The molecule has 0 radical (unpaired) electrons. The molecule has 2 atom stereocenters. The van der Waals surface area contributed by atoms with E-state index in [1.54, 1.807) is 13.3 Å². The smallest absolute Gasteiger partial charge is 0.158 e. The lowest BCUT2D eigenvalue weighted by Crippen LogP contribution is -2.27. The van der Waals surface area contributed by atoms with Gasteiger partial charge in [0, 0.05) is 25.0 Å². The summed E-state index contributed by atoms with van der Waals surface area (Å²) in [5.74, 6) is 0.784. The number of hydrogen-bond donors (Lipinski definition) is 2. The number of aromatic nitrogens is 2. The second-order valence-corrected chi connectivity index (χ2v) is 5.16. The van der Waals surface area contributed by atoms with Crippen molar-refractivity contribution in [1.29, 1.82) is 0 Å². The van der Waals surface area contributed by atoms with E-state index in [2.05, 4.69) is 9.97 Å². The van der Waals surface area contributed by atoms with E-state index in [1.807, 2.05) is 12.1 Å². The molecule has 3 heterocycles. The molecule has 6 heteroatoms. The number of methoxy groups -OCH3 is 1. The Labute approximate surface area is 123 Å². The molecule has 0 amide bonds. The second kappa shape index (κ2) is 6.43. The molecule has 114 valence electrons. The standard InChI is InChI=1S/C15H21N3O3/c1-19-12-5-6-17-15-10(12)8-11(18-15)13(9-16)21-14-4-2-3-7-20-14/h5-6,8,13-14H,2-4,7,9,16H2,1H3,(H,17,18)/t13-,14+/m1/s1. The van der Waals surface area contributed by atoms with Gasteiger partial charge in [-0.15, -0.1) is 0 Å². The van der Waals surface area contributed by atoms with Crippen LogP contribution < -0.4 is 10.5 Å². The number of nitrogens with zero attached hydrogens (tertiary/aromatic N) is 1. The van der Waals surface area contributed by atoms with Crippen molar-refractivity contribution in [2.24, 2.45) is 5.73 Å². The number of hydrogen-bond acceptors (Lipinski definition) is 5. The minimum atomic E-state index is -0.230. The van der Waals surface area contributed by atoms with Gasteiger partial charge in [-0.1, -0.05) is 0 Å². The van der Waals surface area contributed by atoms with E-state index in [1.165, 1.54) is 0 Å². The first-order valence-electron chi connectivity index (χ1n) is 7.30. The van der Waals surface area contributed by atoms with E-state index in [0.29, 0.717) is 6.54 Å². The first-order valence-corrected chi connectivity index (χ1v) is 7.30. The maximum Gasteiger partial charge on any atom is 0.158 e. The molecule has 0 bridgehead atoms. The van der Waals surface area contributed by atoms with Crippen LogP contribution in [0.2, 0.25) is 0 Å². The molecule has 0 aliphatic carbocycles. The summed E-state index contributed by atoms with van der Waals surface area (Å²) in [6, 6.07) is 3.82. The Morgan fingerprint density at radius 2 is 2.43 bits per heavy atom. The first kappa shape index (κ1) is 14.3. The number of fused-ring (bicyclic) bond motifs is 1. The zero-order chi connectivity index (χ0) is 14.7. The van der Waals surface area contributed by atoms with Crippen molar-refractivity contribution in [3.8, 4) is 5.75 Å². The van der Waals surface area contributed by atoms with Gasteiger partial charge >= 0.3 is 0 Å². The Kier molecular flexibility index (Phi) is 4.38. The van der Waals surface area contributed by atoms with Gasteiger partial charge in [0.05, 0.1) is 12.5 Å². The van der Waals surface area contributed by atoms with E-state index in [-0.39, 0.29) is 12.4 Å². The van der Waals surface area contributed by atoms with E-state index in [9.17, 15) is 0 Å². The summed E-state index contributed by atoms with van der Waals surface area (Å²) < 4.78 is 16.9. The number of rotatable bonds is 5. The average molecular weight is 291 g/mol. The van der Waals surface area contributed by atoms with Crippen LogP contribution in [0.5, 0.6) is 5.75 Å². The van der Waals surface area contributed by atoms with Crippen molar-refractivity contribution in [2.75, 3.05) is 20.3 Å². The second-order valence-electron chi connectivity index (χ2n) is 5.16. The molecule has 21 heavy (non-hydrogen) atoms. The zero-order valence-corrected chi connectivity index (χ0v) is 12.2. The molecule has 1 fully saturated rings. The van der Waals surface area contributed by atoms with Crippen LogP contribution in [-0.4, -0.2) is 36.5 Å². The van der Waals surface area contributed by atoms with E-state index < -0.39 is 0 Å². The van der Waals surface area contributed by atoms with Crippen LogP contribution in [0.4, 0.5) is 0 Å². The molecule has 1 saturated heterocycles. The van der Waals surface area contributed by atoms with Crippen LogP contribution in [0.25, 0.3) is 11.0 Å². The summed E-state index contributed by atoms with van der Waals surface area (Å²) in [4.78, 5) is 7.57. The van der Waals surface area contributed by atoms with Crippen LogP contribution >= 0.6 is 0 Å². The van der Waals surface area contributed by atoms with Gasteiger partial charge in [0.1, 0.15) is 17.5 Å². The third-order valence-electron chi connectivity index (χ3n) is 3.75. The summed E-state index contributed by atoms with van der Waals surface area (Å²) in [7, 11) is 1.65. The Bertz CT molecular complexity index is 593. The molecule has 1 aliphatic heterocycles. The van der Waals surface area contributed by atoms with Gasteiger partial charge in [-0.2, -0.15) is 0 Å². The Morgan fingerprint density at radius 3 is 3.14 bits per heavy atom. The van der Waals surface area contributed by atoms with Gasteiger partial charge in [0.15, 0.2) is 6.29 Å². The summed E-state index contributed by atoms with van der Waals surface area (Å²) in [6.07, 6.45) is 4.45. The highest BCUT2D eigenvalue weighted by Gasteiger charge is 2.22. The predicted molar refractivity (Wildman–Crippen MR) is 79.1 cm³/mol. The Morgan fingerprint density at radius 1 is 1.52 bits per heavy atom. The number of aromatic amines is 1. The number of nitrogens with two attached hydrogens (primary N) is 1.